The summed E-state index contributed by atoms with van der Waals surface area (Å²) in [5.41, 5.74) is 2.45. The van der Waals surface area contributed by atoms with Gasteiger partial charge in [-0.3, -0.25) is 4.79 Å². The Morgan fingerprint density at radius 3 is 2.58 bits per heavy atom. The van der Waals surface area contributed by atoms with E-state index in [0.29, 0.717) is 11.5 Å². The Bertz CT molecular complexity index is 1220. The molecule has 2 aromatic rings. The number of benzene rings is 1. The number of alkyl halides is 3. The number of carbonyl (C=O) groups is 1. The maximum atomic E-state index is 13.6. The number of para-hydroxylation sites is 1. The first kappa shape index (κ1) is 22.4. The minimum absolute atomic E-state index is 0.0446. The summed E-state index contributed by atoms with van der Waals surface area (Å²) in [6.45, 7) is 0.534. The molecule has 5 rings (SSSR count). The van der Waals surface area contributed by atoms with Gasteiger partial charge in [0.25, 0.3) is 0 Å². The number of nitrogens with zero attached hydrogens (tertiary/aromatic N) is 4. The summed E-state index contributed by atoms with van der Waals surface area (Å²) in [4.78, 5) is 19.9. The van der Waals surface area contributed by atoms with Gasteiger partial charge in [-0.25, -0.2) is 13.4 Å². The van der Waals surface area contributed by atoms with E-state index in [9.17, 15) is 26.4 Å². The van der Waals surface area contributed by atoms with Crippen LogP contribution >= 0.6 is 0 Å². The molecule has 0 radical (unpaired) electrons. The quantitative estimate of drug-likeness (QED) is 0.635. The van der Waals surface area contributed by atoms with Gasteiger partial charge < -0.3 is 9.47 Å². The molecule has 1 amide bonds. The van der Waals surface area contributed by atoms with E-state index in [1.54, 1.807) is 4.90 Å². The molecule has 3 heterocycles. The predicted molar refractivity (Wildman–Crippen MR) is 115 cm³/mol. The summed E-state index contributed by atoms with van der Waals surface area (Å²) in [6, 6.07) is 7.33. The molecule has 3 aliphatic rings. The number of carbonyl (C=O) groups excluding carboxylic acids is 1. The Balaban J connectivity index is 1.44. The molecule has 0 atom stereocenters. The van der Waals surface area contributed by atoms with Crippen molar-refractivity contribution in [2.75, 3.05) is 24.2 Å². The van der Waals surface area contributed by atoms with Crippen molar-refractivity contribution in [3.63, 3.8) is 0 Å². The first-order valence-corrected chi connectivity index (χ1v) is 12.8. The largest absolute Gasteiger partial charge is 0.389 e. The molecule has 1 saturated heterocycles. The van der Waals surface area contributed by atoms with Crippen LogP contribution in [0.25, 0.3) is 0 Å². The zero-order valence-corrected chi connectivity index (χ0v) is 19.0. The van der Waals surface area contributed by atoms with Crippen molar-refractivity contribution in [3.8, 4) is 0 Å². The van der Waals surface area contributed by atoms with Crippen LogP contribution in [0.4, 0.5) is 18.9 Å². The van der Waals surface area contributed by atoms with Gasteiger partial charge in [0.05, 0.1) is 18.5 Å². The van der Waals surface area contributed by atoms with Gasteiger partial charge in [0.1, 0.15) is 11.2 Å². The number of halogens is 3. The molecule has 1 fully saturated rings. The van der Waals surface area contributed by atoms with Gasteiger partial charge >= 0.3 is 6.18 Å². The molecule has 178 valence electrons. The summed E-state index contributed by atoms with van der Waals surface area (Å²) in [7, 11) is -3.40. The lowest BCUT2D eigenvalue weighted by Gasteiger charge is -2.45. The second kappa shape index (κ2) is 7.56. The topological polar surface area (TPSA) is 75.5 Å². The molecule has 0 unspecified atom stereocenters. The number of aryl methyl sites for hydroxylation is 1. The summed E-state index contributed by atoms with van der Waals surface area (Å²) < 4.78 is 65.2. The van der Waals surface area contributed by atoms with Gasteiger partial charge in [-0.2, -0.15) is 17.5 Å². The van der Waals surface area contributed by atoms with Crippen molar-refractivity contribution in [2.45, 2.75) is 56.8 Å². The van der Waals surface area contributed by atoms with E-state index in [0.717, 1.165) is 42.5 Å². The Morgan fingerprint density at radius 1 is 1.15 bits per heavy atom. The van der Waals surface area contributed by atoms with Crippen molar-refractivity contribution in [3.05, 3.63) is 47.0 Å². The molecule has 1 spiro atoms. The lowest BCUT2D eigenvalue weighted by Crippen LogP contribution is -2.64. The van der Waals surface area contributed by atoms with Crippen LogP contribution in [0.2, 0.25) is 0 Å². The van der Waals surface area contributed by atoms with Crippen molar-refractivity contribution < 1.29 is 26.4 Å². The van der Waals surface area contributed by atoms with Crippen molar-refractivity contribution in [1.29, 1.82) is 0 Å². The van der Waals surface area contributed by atoms with E-state index in [4.69, 9.17) is 4.98 Å². The van der Waals surface area contributed by atoms with Gasteiger partial charge in [-0.15, -0.1) is 0 Å². The highest BCUT2D eigenvalue weighted by atomic mass is 32.2. The number of anilines is 1. The standard InChI is InChI=1S/C22H25F3N4O3S/c1-33(31,32)27-13-21(14-27)15-6-2-3-8-17(15)29(20(21)30)12-19-26-16-7-4-9-18(16)28(19)11-5-10-22(23,24)25/h2-3,6,8H,4-5,7,9-14H2,1H3. The number of aromatic nitrogens is 2. The Morgan fingerprint density at radius 2 is 1.88 bits per heavy atom. The number of amides is 1. The van der Waals surface area contributed by atoms with Crippen LogP contribution in [0.15, 0.2) is 24.3 Å². The second-order valence-corrected chi connectivity index (χ2v) is 11.1. The van der Waals surface area contributed by atoms with Crippen LogP contribution in [-0.2, 0) is 46.2 Å². The second-order valence-electron chi connectivity index (χ2n) is 9.17. The maximum absolute atomic E-state index is 13.6. The number of hydrogen-bond acceptors (Lipinski definition) is 4. The Kier molecular flexibility index (Phi) is 5.13. The summed E-state index contributed by atoms with van der Waals surface area (Å²) in [6.07, 6.45) is -1.52. The smallest absolute Gasteiger partial charge is 0.330 e. The van der Waals surface area contributed by atoms with Crippen LogP contribution in [0.5, 0.6) is 0 Å². The molecule has 1 aliphatic carbocycles. The van der Waals surface area contributed by atoms with Crippen molar-refractivity contribution in [1.82, 2.24) is 13.9 Å². The van der Waals surface area contributed by atoms with Crippen LogP contribution in [0.3, 0.4) is 0 Å². The lowest BCUT2D eigenvalue weighted by molar-refractivity contribution is -0.136. The van der Waals surface area contributed by atoms with E-state index in [1.807, 2.05) is 28.8 Å². The van der Waals surface area contributed by atoms with Crippen LogP contribution in [-0.4, -0.2) is 53.7 Å². The molecule has 2 aliphatic heterocycles. The van der Waals surface area contributed by atoms with E-state index >= 15 is 0 Å². The molecule has 0 bridgehead atoms. The SMILES string of the molecule is CS(=O)(=O)N1CC2(C1)C(=O)N(Cc1nc3c(n1CCCC(F)(F)F)CCC3)c1ccccc12. The molecule has 11 heteroatoms. The van der Waals surface area contributed by atoms with Gasteiger partial charge in [-0.05, 0) is 37.3 Å². The first-order chi connectivity index (χ1) is 15.5. The number of fused-ring (bicyclic) bond motifs is 3. The third-order valence-electron chi connectivity index (χ3n) is 6.93. The zero-order valence-electron chi connectivity index (χ0n) is 18.2. The maximum Gasteiger partial charge on any atom is 0.389 e. The number of sulfonamides is 1. The molecule has 7 nitrogen and oxygen atoms in total. The lowest BCUT2D eigenvalue weighted by atomic mass is 9.76. The molecule has 0 N–H and O–H groups in total. The van der Waals surface area contributed by atoms with Crippen LogP contribution < -0.4 is 4.90 Å². The van der Waals surface area contributed by atoms with Crippen LogP contribution in [0.1, 0.15) is 42.0 Å². The van der Waals surface area contributed by atoms with E-state index in [2.05, 4.69) is 0 Å². The van der Waals surface area contributed by atoms with Gasteiger partial charge in [0, 0.05) is 37.4 Å². The van der Waals surface area contributed by atoms with Crippen LogP contribution in [0, 0.1) is 0 Å². The minimum atomic E-state index is -4.21. The highest BCUT2D eigenvalue weighted by molar-refractivity contribution is 7.88. The van der Waals surface area contributed by atoms with Gasteiger partial charge in [-0.1, -0.05) is 18.2 Å². The third kappa shape index (κ3) is 3.74. The molecule has 1 aromatic carbocycles. The highest BCUT2D eigenvalue weighted by Crippen LogP contribution is 2.48. The number of rotatable bonds is 6. The fourth-order valence-electron chi connectivity index (χ4n) is 5.31. The Labute approximate surface area is 190 Å². The first-order valence-electron chi connectivity index (χ1n) is 11.0. The normalized spacial score (nSPS) is 19.8. The summed E-state index contributed by atoms with van der Waals surface area (Å²) >= 11 is 0. The molecule has 0 saturated carbocycles. The monoisotopic (exact) mass is 482 g/mol. The summed E-state index contributed by atoms with van der Waals surface area (Å²) in [5.74, 6) is 0.398. The van der Waals surface area contributed by atoms with Gasteiger partial charge in [0.2, 0.25) is 15.9 Å². The predicted octanol–water partition coefficient (Wildman–Crippen LogP) is 2.77. The molecular weight excluding hydrogens is 457 g/mol. The number of imidazole rings is 1. The van der Waals surface area contributed by atoms with E-state index in [1.165, 1.54) is 4.31 Å². The average Bonchev–Trinajstić information content (AvgIpc) is 3.32. The zero-order chi connectivity index (χ0) is 23.6. The summed E-state index contributed by atoms with van der Waals surface area (Å²) in [5, 5.41) is 0. The fraction of sp³-hybridized carbons (Fsp3) is 0.545. The molecule has 33 heavy (non-hydrogen) atoms. The van der Waals surface area contributed by atoms with Crippen molar-refractivity contribution in [2.24, 2.45) is 0 Å². The van der Waals surface area contributed by atoms with E-state index in [-0.39, 0.29) is 38.5 Å². The van der Waals surface area contributed by atoms with Crippen molar-refractivity contribution >= 4 is 21.6 Å². The highest BCUT2D eigenvalue weighted by Gasteiger charge is 2.60. The average molecular weight is 483 g/mol. The van der Waals surface area contributed by atoms with E-state index < -0.39 is 28.0 Å². The molecular formula is C22H25F3N4O3S. The fourth-order valence-corrected chi connectivity index (χ4v) is 6.22. The third-order valence-corrected chi connectivity index (χ3v) is 8.13. The molecule has 1 aromatic heterocycles. The Hall–Kier alpha value is -2.40. The number of hydrogen-bond donors (Lipinski definition) is 0. The van der Waals surface area contributed by atoms with Gasteiger partial charge in [0.15, 0.2) is 0 Å². The minimum Gasteiger partial charge on any atom is -0.330 e.